The van der Waals surface area contributed by atoms with Crippen LogP contribution in [-0.4, -0.2) is 22.9 Å². The van der Waals surface area contributed by atoms with E-state index in [1.165, 1.54) is 12.1 Å². The number of hydrogen-bond acceptors (Lipinski definition) is 3. The van der Waals surface area contributed by atoms with Crippen LogP contribution in [0.5, 0.6) is 5.75 Å². The largest absolute Gasteiger partial charge is 0.506 e. The molecule has 0 aliphatic heterocycles. The van der Waals surface area contributed by atoms with Crippen molar-refractivity contribution in [2.24, 2.45) is 0 Å². The van der Waals surface area contributed by atoms with Gasteiger partial charge in [0.15, 0.2) is 0 Å². The minimum atomic E-state index is -0.280. The smallest absolute Gasteiger partial charge is 0.138 e. The molecule has 2 unspecified atom stereocenters. The first-order chi connectivity index (χ1) is 11.0. The number of phenolic OH excluding ortho intramolecular Hbond substituents is 1. The van der Waals surface area contributed by atoms with Gasteiger partial charge < -0.3 is 15.5 Å². The highest BCUT2D eigenvalue weighted by Crippen LogP contribution is 2.33. The molecular weight excluding hydrogens is 317 g/mol. The summed E-state index contributed by atoms with van der Waals surface area (Å²) < 4.78 is 13.0. The molecule has 0 spiro atoms. The summed E-state index contributed by atoms with van der Waals surface area (Å²) in [5.74, 6) is -0.218. The molecule has 0 bridgehead atoms. The Morgan fingerprint density at radius 2 is 1.87 bits per heavy atom. The number of para-hydroxylation sites is 1. The molecule has 0 saturated heterocycles. The number of hydrogen-bond donors (Lipinski definition) is 3. The highest BCUT2D eigenvalue weighted by Gasteiger charge is 2.19. The van der Waals surface area contributed by atoms with Crippen molar-refractivity contribution in [2.75, 3.05) is 6.61 Å². The quantitative estimate of drug-likeness (QED) is 0.719. The Balaban J connectivity index is 2.12. The molecule has 0 radical (unpaired) electrons. The number of phenols is 1. The summed E-state index contributed by atoms with van der Waals surface area (Å²) in [6.45, 7) is 1.93. The van der Waals surface area contributed by atoms with Crippen LogP contribution >= 0.6 is 11.6 Å². The van der Waals surface area contributed by atoms with Gasteiger partial charge in [-0.05, 0) is 36.6 Å². The van der Waals surface area contributed by atoms with Crippen LogP contribution in [0.3, 0.4) is 0 Å². The summed E-state index contributed by atoms with van der Waals surface area (Å²) in [5.41, 5.74) is 1.64. The highest BCUT2D eigenvalue weighted by atomic mass is 35.5. The van der Waals surface area contributed by atoms with E-state index in [9.17, 15) is 14.6 Å². The number of aliphatic hydroxyl groups is 1. The van der Waals surface area contributed by atoms with E-state index >= 15 is 0 Å². The van der Waals surface area contributed by atoms with Crippen molar-refractivity contribution in [1.29, 1.82) is 0 Å². The second kappa shape index (κ2) is 8.29. The van der Waals surface area contributed by atoms with Crippen LogP contribution in [0.15, 0.2) is 42.5 Å². The van der Waals surface area contributed by atoms with Gasteiger partial charge in [-0.2, -0.15) is 0 Å². The van der Waals surface area contributed by atoms with Crippen molar-refractivity contribution in [3.8, 4) is 5.75 Å². The van der Waals surface area contributed by atoms with Crippen LogP contribution in [0.2, 0.25) is 5.02 Å². The van der Waals surface area contributed by atoms with Crippen LogP contribution in [0.25, 0.3) is 0 Å². The lowest BCUT2D eigenvalue weighted by Gasteiger charge is -2.25. The predicted molar refractivity (Wildman–Crippen MR) is 90.3 cm³/mol. The molecule has 5 heteroatoms. The topological polar surface area (TPSA) is 52.5 Å². The molecule has 0 saturated carbocycles. The van der Waals surface area contributed by atoms with Crippen molar-refractivity contribution in [3.05, 3.63) is 64.4 Å². The summed E-state index contributed by atoms with van der Waals surface area (Å²) in [7, 11) is 0. The number of aromatic hydroxyl groups is 1. The Morgan fingerprint density at radius 1 is 1.17 bits per heavy atom. The van der Waals surface area contributed by atoms with Crippen molar-refractivity contribution >= 4 is 11.6 Å². The second-order valence-electron chi connectivity index (χ2n) is 5.52. The zero-order valence-electron chi connectivity index (χ0n) is 13.0. The molecule has 0 fully saturated rings. The first kappa shape index (κ1) is 17.7. The molecule has 0 aliphatic rings. The number of halogens is 2. The minimum absolute atomic E-state index is 0.0603. The molecule has 3 N–H and O–H groups in total. The predicted octanol–water partition coefficient (Wildman–Crippen LogP) is 3.83. The zero-order chi connectivity index (χ0) is 16.8. The molecule has 3 nitrogen and oxygen atoms in total. The van der Waals surface area contributed by atoms with Gasteiger partial charge in [-0.15, -0.1) is 0 Å². The standard InChI is InChI=1S/C18H21ClFNO2/c1-2-17(15-4-3-5-16(19)18(15)23)21-14(11-22)10-12-6-8-13(20)9-7-12/h3-9,14,17,21-23H,2,10-11H2,1H3. The van der Waals surface area contributed by atoms with E-state index < -0.39 is 0 Å². The molecule has 2 rings (SSSR count). The van der Waals surface area contributed by atoms with Crippen LogP contribution < -0.4 is 5.32 Å². The lowest BCUT2D eigenvalue weighted by atomic mass is 10.00. The van der Waals surface area contributed by atoms with Gasteiger partial charge in [0.25, 0.3) is 0 Å². The third-order valence-corrected chi connectivity index (χ3v) is 4.16. The molecule has 0 amide bonds. The summed E-state index contributed by atoms with van der Waals surface area (Å²) in [6, 6.07) is 11.1. The van der Waals surface area contributed by atoms with Gasteiger partial charge in [0.05, 0.1) is 11.6 Å². The fourth-order valence-electron chi connectivity index (χ4n) is 2.61. The van der Waals surface area contributed by atoms with Gasteiger partial charge in [0.1, 0.15) is 11.6 Å². The van der Waals surface area contributed by atoms with Gasteiger partial charge in [0, 0.05) is 17.6 Å². The maximum Gasteiger partial charge on any atom is 0.138 e. The van der Waals surface area contributed by atoms with Crippen LogP contribution in [0, 0.1) is 5.82 Å². The fourth-order valence-corrected chi connectivity index (χ4v) is 2.79. The van der Waals surface area contributed by atoms with E-state index in [1.54, 1.807) is 24.3 Å². The molecule has 0 aliphatic carbocycles. The molecular formula is C18H21ClFNO2. The Kier molecular flexibility index (Phi) is 6.39. The van der Waals surface area contributed by atoms with Gasteiger partial charge in [-0.25, -0.2) is 4.39 Å². The lowest BCUT2D eigenvalue weighted by Crippen LogP contribution is -2.37. The summed E-state index contributed by atoms with van der Waals surface area (Å²) in [4.78, 5) is 0. The average Bonchev–Trinajstić information content (AvgIpc) is 2.56. The molecule has 23 heavy (non-hydrogen) atoms. The van der Waals surface area contributed by atoms with Crippen molar-refractivity contribution in [3.63, 3.8) is 0 Å². The number of nitrogens with one attached hydrogen (secondary N) is 1. The zero-order valence-corrected chi connectivity index (χ0v) is 13.7. The van der Waals surface area contributed by atoms with Gasteiger partial charge in [0.2, 0.25) is 0 Å². The third kappa shape index (κ3) is 4.67. The first-order valence-corrected chi connectivity index (χ1v) is 8.01. The maximum atomic E-state index is 13.0. The normalized spacial score (nSPS) is 13.7. The monoisotopic (exact) mass is 337 g/mol. The maximum absolute atomic E-state index is 13.0. The van der Waals surface area contributed by atoms with Gasteiger partial charge in [-0.1, -0.05) is 42.8 Å². The molecule has 0 heterocycles. The summed E-state index contributed by atoms with van der Waals surface area (Å²) in [6.07, 6.45) is 1.29. The Hall–Kier alpha value is -1.62. The van der Waals surface area contributed by atoms with Crippen LogP contribution in [0.4, 0.5) is 4.39 Å². The summed E-state index contributed by atoms with van der Waals surface area (Å²) >= 11 is 5.97. The van der Waals surface area contributed by atoms with E-state index in [2.05, 4.69) is 5.32 Å². The molecule has 2 atom stereocenters. The van der Waals surface area contributed by atoms with E-state index in [4.69, 9.17) is 11.6 Å². The fraction of sp³-hybridized carbons (Fsp3) is 0.333. The van der Waals surface area contributed by atoms with Crippen molar-refractivity contribution in [1.82, 2.24) is 5.32 Å². The molecule has 2 aromatic carbocycles. The Labute approximate surface area is 140 Å². The second-order valence-corrected chi connectivity index (χ2v) is 5.92. The van der Waals surface area contributed by atoms with Crippen LogP contribution in [0.1, 0.15) is 30.5 Å². The van der Waals surface area contributed by atoms with E-state index in [0.717, 1.165) is 12.0 Å². The Morgan fingerprint density at radius 3 is 2.48 bits per heavy atom. The number of benzene rings is 2. The SMILES string of the molecule is CCC(NC(CO)Cc1ccc(F)cc1)c1cccc(Cl)c1O. The number of rotatable bonds is 7. The lowest BCUT2D eigenvalue weighted by molar-refractivity contribution is 0.228. The summed E-state index contributed by atoms with van der Waals surface area (Å²) in [5, 5.41) is 23.4. The number of aliphatic hydroxyl groups excluding tert-OH is 1. The van der Waals surface area contributed by atoms with Crippen molar-refractivity contribution < 1.29 is 14.6 Å². The third-order valence-electron chi connectivity index (χ3n) is 3.85. The van der Waals surface area contributed by atoms with Crippen LogP contribution in [-0.2, 0) is 6.42 Å². The van der Waals surface area contributed by atoms with E-state index in [0.29, 0.717) is 17.0 Å². The van der Waals surface area contributed by atoms with Gasteiger partial charge >= 0.3 is 0 Å². The van der Waals surface area contributed by atoms with E-state index in [-0.39, 0.29) is 30.3 Å². The minimum Gasteiger partial charge on any atom is -0.506 e. The molecule has 124 valence electrons. The van der Waals surface area contributed by atoms with Crippen molar-refractivity contribution in [2.45, 2.75) is 31.8 Å². The van der Waals surface area contributed by atoms with E-state index in [1.807, 2.05) is 13.0 Å². The Bertz CT molecular complexity index is 633. The molecule has 2 aromatic rings. The first-order valence-electron chi connectivity index (χ1n) is 7.63. The molecule has 0 aromatic heterocycles. The highest BCUT2D eigenvalue weighted by molar-refractivity contribution is 6.32. The van der Waals surface area contributed by atoms with Gasteiger partial charge in [-0.3, -0.25) is 0 Å². The average molecular weight is 338 g/mol.